The van der Waals surface area contributed by atoms with Crippen molar-refractivity contribution in [3.05, 3.63) is 59.8 Å². The van der Waals surface area contributed by atoms with Gasteiger partial charge in [-0.2, -0.15) is 0 Å². The minimum Gasteiger partial charge on any atom is -0.355 e. The fourth-order valence-corrected chi connectivity index (χ4v) is 3.48. The highest BCUT2D eigenvalue weighted by Gasteiger charge is 2.34. The molecule has 1 aromatic carbocycles. The summed E-state index contributed by atoms with van der Waals surface area (Å²) < 4.78 is 0. The first-order chi connectivity index (χ1) is 12.6. The first-order valence-corrected chi connectivity index (χ1v) is 9.26. The SMILES string of the molecule is CN(Cc1ccccc1)c1ncccc1CNC(=O)C1(C)CCCNC1. The van der Waals surface area contributed by atoms with Gasteiger partial charge >= 0.3 is 0 Å². The van der Waals surface area contributed by atoms with Crippen LogP contribution in [0.5, 0.6) is 0 Å². The van der Waals surface area contributed by atoms with E-state index in [0.717, 1.165) is 43.9 Å². The summed E-state index contributed by atoms with van der Waals surface area (Å²) in [6, 6.07) is 14.3. The van der Waals surface area contributed by atoms with Gasteiger partial charge in [-0.1, -0.05) is 36.4 Å². The van der Waals surface area contributed by atoms with Crippen molar-refractivity contribution in [1.82, 2.24) is 15.6 Å². The molecule has 0 aliphatic carbocycles. The van der Waals surface area contributed by atoms with E-state index < -0.39 is 0 Å². The van der Waals surface area contributed by atoms with E-state index in [1.54, 1.807) is 6.20 Å². The van der Waals surface area contributed by atoms with Crippen LogP contribution in [0.2, 0.25) is 0 Å². The van der Waals surface area contributed by atoms with Crippen LogP contribution in [0.1, 0.15) is 30.9 Å². The Balaban J connectivity index is 1.66. The van der Waals surface area contributed by atoms with Crippen molar-refractivity contribution >= 4 is 11.7 Å². The van der Waals surface area contributed by atoms with Crippen LogP contribution in [-0.2, 0) is 17.9 Å². The summed E-state index contributed by atoms with van der Waals surface area (Å²) in [6.07, 6.45) is 3.77. The molecule has 1 saturated heterocycles. The summed E-state index contributed by atoms with van der Waals surface area (Å²) in [5.74, 6) is 1.02. The summed E-state index contributed by atoms with van der Waals surface area (Å²) in [5, 5.41) is 6.45. The second-order valence-electron chi connectivity index (χ2n) is 7.35. The van der Waals surface area contributed by atoms with Crippen LogP contribution < -0.4 is 15.5 Å². The quantitative estimate of drug-likeness (QED) is 0.839. The van der Waals surface area contributed by atoms with Gasteiger partial charge in [0.15, 0.2) is 0 Å². The minimum absolute atomic E-state index is 0.116. The minimum atomic E-state index is -0.323. The maximum absolute atomic E-state index is 12.7. The van der Waals surface area contributed by atoms with E-state index in [1.807, 2.05) is 44.3 Å². The number of rotatable bonds is 6. The Bertz CT molecular complexity index is 726. The summed E-state index contributed by atoms with van der Waals surface area (Å²) in [5.41, 5.74) is 1.94. The molecule has 3 rings (SSSR count). The third-order valence-electron chi connectivity index (χ3n) is 5.08. The number of carbonyl (C=O) groups excluding carboxylic acids is 1. The molecule has 0 radical (unpaired) electrons. The van der Waals surface area contributed by atoms with Gasteiger partial charge in [-0.15, -0.1) is 0 Å². The molecule has 1 fully saturated rings. The maximum atomic E-state index is 12.7. The lowest BCUT2D eigenvalue weighted by Gasteiger charge is -2.32. The lowest BCUT2D eigenvalue weighted by atomic mass is 9.82. The second-order valence-corrected chi connectivity index (χ2v) is 7.35. The molecular formula is C21H28N4O. The molecule has 1 aromatic heterocycles. The van der Waals surface area contributed by atoms with Gasteiger partial charge in [0.2, 0.25) is 5.91 Å². The average Bonchev–Trinajstić information content (AvgIpc) is 2.67. The van der Waals surface area contributed by atoms with E-state index in [-0.39, 0.29) is 11.3 Å². The molecule has 1 aliphatic rings. The number of piperidine rings is 1. The van der Waals surface area contributed by atoms with E-state index in [0.29, 0.717) is 6.54 Å². The summed E-state index contributed by atoms with van der Waals surface area (Å²) in [4.78, 5) is 19.4. The molecule has 0 saturated carbocycles. The predicted octanol–water partition coefficient (Wildman–Crippen LogP) is 2.72. The number of nitrogens with zero attached hydrogens (tertiary/aromatic N) is 2. The van der Waals surface area contributed by atoms with E-state index in [2.05, 4.69) is 32.7 Å². The zero-order valence-corrected chi connectivity index (χ0v) is 15.7. The number of amides is 1. The predicted molar refractivity (Wildman–Crippen MR) is 105 cm³/mol. The highest BCUT2D eigenvalue weighted by Crippen LogP contribution is 2.26. The van der Waals surface area contributed by atoms with Gasteiger partial charge < -0.3 is 15.5 Å². The number of hydrogen-bond donors (Lipinski definition) is 2. The molecule has 5 heteroatoms. The van der Waals surface area contributed by atoms with Gasteiger partial charge in [0.05, 0.1) is 5.41 Å². The fraction of sp³-hybridized carbons (Fsp3) is 0.429. The van der Waals surface area contributed by atoms with Gasteiger partial charge in [-0.25, -0.2) is 4.98 Å². The molecule has 1 atom stereocenters. The Morgan fingerprint density at radius 1 is 1.27 bits per heavy atom. The van der Waals surface area contributed by atoms with Crippen LogP contribution in [0.25, 0.3) is 0 Å². The van der Waals surface area contributed by atoms with Crippen molar-refractivity contribution in [3.8, 4) is 0 Å². The molecule has 0 spiro atoms. The summed E-state index contributed by atoms with van der Waals surface area (Å²) in [6.45, 7) is 5.06. The zero-order valence-electron chi connectivity index (χ0n) is 15.7. The molecular weight excluding hydrogens is 324 g/mol. The topological polar surface area (TPSA) is 57.3 Å². The number of nitrogens with one attached hydrogen (secondary N) is 2. The number of aromatic nitrogens is 1. The molecule has 1 amide bonds. The Labute approximate surface area is 155 Å². The van der Waals surface area contributed by atoms with E-state index in [4.69, 9.17) is 0 Å². The number of carbonyl (C=O) groups is 1. The van der Waals surface area contributed by atoms with Crippen molar-refractivity contribution in [2.75, 3.05) is 25.0 Å². The van der Waals surface area contributed by atoms with Gasteiger partial charge in [0, 0.05) is 38.4 Å². The van der Waals surface area contributed by atoms with Crippen LogP contribution in [-0.4, -0.2) is 31.0 Å². The zero-order chi connectivity index (χ0) is 18.4. The number of benzene rings is 1. The third kappa shape index (κ3) is 4.41. The highest BCUT2D eigenvalue weighted by molar-refractivity contribution is 5.82. The fourth-order valence-electron chi connectivity index (χ4n) is 3.48. The Hall–Kier alpha value is -2.40. The van der Waals surface area contributed by atoms with Gasteiger partial charge in [0.25, 0.3) is 0 Å². The van der Waals surface area contributed by atoms with Gasteiger partial charge in [0.1, 0.15) is 5.82 Å². The van der Waals surface area contributed by atoms with E-state index in [1.165, 1.54) is 5.56 Å². The standard InChI is InChI=1S/C21H28N4O/c1-21(11-7-12-22-16-21)20(26)24-14-18-10-6-13-23-19(18)25(2)15-17-8-4-3-5-9-17/h3-6,8-10,13,22H,7,11-12,14-16H2,1-2H3,(H,24,26). The van der Waals surface area contributed by atoms with Crippen LogP contribution in [0.3, 0.4) is 0 Å². The van der Waals surface area contributed by atoms with Crippen LogP contribution in [0.15, 0.2) is 48.7 Å². The third-order valence-corrected chi connectivity index (χ3v) is 5.08. The molecule has 138 valence electrons. The molecule has 0 bridgehead atoms. The Kier molecular flexibility index (Phi) is 5.89. The molecule has 5 nitrogen and oxygen atoms in total. The summed E-state index contributed by atoms with van der Waals surface area (Å²) >= 11 is 0. The van der Waals surface area contributed by atoms with Crippen LogP contribution >= 0.6 is 0 Å². The van der Waals surface area contributed by atoms with E-state index in [9.17, 15) is 4.79 Å². The maximum Gasteiger partial charge on any atom is 0.227 e. The smallest absolute Gasteiger partial charge is 0.227 e. The Morgan fingerprint density at radius 3 is 2.81 bits per heavy atom. The van der Waals surface area contributed by atoms with Gasteiger partial charge in [-0.05, 0) is 37.9 Å². The van der Waals surface area contributed by atoms with Crippen molar-refractivity contribution in [2.45, 2.75) is 32.9 Å². The van der Waals surface area contributed by atoms with Crippen LogP contribution in [0, 0.1) is 5.41 Å². The normalized spacial score (nSPS) is 19.8. The van der Waals surface area contributed by atoms with E-state index >= 15 is 0 Å². The molecule has 1 aliphatic heterocycles. The van der Waals surface area contributed by atoms with Gasteiger partial charge in [-0.3, -0.25) is 4.79 Å². The largest absolute Gasteiger partial charge is 0.355 e. The van der Waals surface area contributed by atoms with Crippen molar-refractivity contribution < 1.29 is 4.79 Å². The summed E-state index contributed by atoms with van der Waals surface area (Å²) in [7, 11) is 2.03. The Morgan fingerprint density at radius 2 is 2.08 bits per heavy atom. The average molecular weight is 352 g/mol. The molecule has 2 N–H and O–H groups in total. The van der Waals surface area contributed by atoms with Crippen molar-refractivity contribution in [1.29, 1.82) is 0 Å². The second kappa shape index (κ2) is 8.32. The van der Waals surface area contributed by atoms with Crippen molar-refractivity contribution in [2.24, 2.45) is 5.41 Å². The molecule has 2 aromatic rings. The molecule has 2 heterocycles. The van der Waals surface area contributed by atoms with Crippen molar-refractivity contribution in [3.63, 3.8) is 0 Å². The lowest BCUT2D eigenvalue weighted by molar-refractivity contribution is -0.131. The molecule has 26 heavy (non-hydrogen) atoms. The number of hydrogen-bond acceptors (Lipinski definition) is 4. The van der Waals surface area contributed by atoms with Crippen LogP contribution in [0.4, 0.5) is 5.82 Å². The highest BCUT2D eigenvalue weighted by atomic mass is 16.2. The number of anilines is 1. The lowest BCUT2D eigenvalue weighted by Crippen LogP contribution is -2.48. The molecule has 1 unspecified atom stereocenters. The monoisotopic (exact) mass is 352 g/mol. The first kappa shape index (κ1) is 18.4. The first-order valence-electron chi connectivity index (χ1n) is 9.26. The number of pyridine rings is 1.